The van der Waals surface area contributed by atoms with Gasteiger partial charge in [0.15, 0.2) is 0 Å². The molecule has 9 aromatic carbocycles. The lowest BCUT2D eigenvalue weighted by molar-refractivity contribution is 1.29. The zero-order valence-electron chi connectivity index (χ0n) is 30.2. The summed E-state index contributed by atoms with van der Waals surface area (Å²) < 4.78 is 3.79. The molecule has 0 unspecified atom stereocenters. The van der Waals surface area contributed by atoms with Gasteiger partial charge in [-0.1, -0.05) is 109 Å². The number of rotatable bonds is 7. The van der Waals surface area contributed by atoms with Crippen LogP contribution in [0.25, 0.3) is 62.5 Å². The molecule has 0 fully saturated rings. The number of para-hydroxylation sites is 2. The molecule has 3 nitrogen and oxygen atoms in total. The van der Waals surface area contributed by atoms with Crippen LogP contribution in [0.15, 0.2) is 200 Å². The van der Waals surface area contributed by atoms with Crippen molar-refractivity contribution in [1.29, 1.82) is 0 Å². The molecular formula is C51H33N3S2. The lowest BCUT2D eigenvalue weighted by Gasteiger charge is -2.26. The first-order valence-electron chi connectivity index (χ1n) is 18.8. The Hall–Kier alpha value is -6.79. The van der Waals surface area contributed by atoms with E-state index in [1.54, 1.807) is 11.3 Å². The van der Waals surface area contributed by atoms with Gasteiger partial charge in [-0.05, 0) is 113 Å². The van der Waals surface area contributed by atoms with Gasteiger partial charge in [-0.2, -0.15) is 0 Å². The SMILES string of the molecule is c1ccc(-c2nc3ccc(N(c4ccccc4)c4ccc5c(ccc6cc(N(c7ccccc7)c7ccc8sc9ccccc9c8c7)ccc65)c4)cc3s2)cc1. The molecule has 0 spiro atoms. The Morgan fingerprint density at radius 3 is 1.50 bits per heavy atom. The lowest BCUT2D eigenvalue weighted by Crippen LogP contribution is -2.10. The molecule has 5 heteroatoms. The van der Waals surface area contributed by atoms with Crippen LogP contribution >= 0.6 is 22.7 Å². The van der Waals surface area contributed by atoms with E-state index in [4.69, 9.17) is 4.98 Å². The summed E-state index contributed by atoms with van der Waals surface area (Å²) in [6.45, 7) is 0. The number of thiazole rings is 1. The van der Waals surface area contributed by atoms with Crippen LogP contribution in [-0.4, -0.2) is 4.98 Å². The summed E-state index contributed by atoms with van der Waals surface area (Å²) in [6.07, 6.45) is 0. The number of nitrogens with zero attached hydrogens (tertiary/aromatic N) is 3. The molecule has 56 heavy (non-hydrogen) atoms. The number of thiophene rings is 1. The van der Waals surface area contributed by atoms with Gasteiger partial charge in [0.05, 0.1) is 10.2 Å². The lowest BCUT2D eigenvalue weighted by atomic mass is 10.00. The number of hydrogen-bond donors (Lipinski definition) is 0. The molecule has 264 valence electrons. The van der Waals surface area contributed by atoms with Crippen LogP contribution in [0.2, 0.25) is 0 Å². The molecule has 0 N–H and O–H groups in total. The Labute approximate surface area is 332 Å². The zero-order valence-corrected chi connectivity index (χ0v) is 31.8. The number of fused-ring (bicyclic) bond motifs is 7. The minimum atomic E-state index is 1.02. The van der Waals surface area contributed by atoms with Gasteiger partial charge in [0, 0.05) is 59.9 Å². The number of anilines is 6. The van der Waals surface area contributed by atoms with Gasteiger partial charge in [0.2, 0.25) is 0 Å². The summed E-state index contributed by atoms with van der Waals surface area (Å²) in [5.74, 6) is 0. The fourth-order valence-electron chi connectivity index (χ4n) is 7.98. The molecule has 0 radical (unpaired) electrons. The van der Waals surface area contributed by atoms with Gasteiger partial charge in [0.1, 0.15) is 5.01 Å². The van der Waals surface area contributed by atoms with Crippen LogP contribution in [0.5, 0.6) is 0 Å². The molecule has 0 amide bonds. The second-order valence-corrected chi connectivity index (χ2v) is 16.1. The Morgan fingerprint density at radius 2 is 0.839 bits per heavy atom. The zero-order chi connectivity index (χ0) is 37.0. The molecule has 0 atom stereocenters. The predicted octanol–water partition coefficient (Wildman–Crippen LogP) is 15.6. The molecule has 2 aromatic heterocycles. The van der Waals surface area contributed by atoms with Gasteiger partial charge < -0.3 is 9.80 Å². The van der Waals surface area contributed by atoms with Crippen molar-refractivity contribution in [2.24, 2.45) is 0 Å². The van der Waals surface area contributed by atoms with E-state index >= 15 is 0 Å². The van der Waals surface area contributed by atoms with Crippen LogP contribution in [-0.2, 0) is 0 Å². The summed E-state index contributed by atoms with van der Waals surface area (Å²) in [5.41, 5.74) is 8.88. The van der Waals surface area contributed by atoms with E-state index in [0.717, 1.165) is 54.9 Å². The number of benzene rings is 9. The fourth-order valence-corrected chi connectivity index (χ4v) is 10.1. The van der Waals surface area contributed by atoms with E-state index in [1.165, 1.54) is 41.7 Å². The van der Waals surface area contributed by atoms with Gasteiger partial charge >= 0.3 is 0 Å². The fraction of sp³-hybridized carbons (Fsp3) is 0. The molecule has 0 aliphatic rings. The van der Waals surface area contributed by atoms with Crippen molar-refractivity contribution in [1.82, 2.24) is 4.98 Å². The van der Waals surface area contributed by atoms with E-state index in [9.17, 15) is 0 Å². The van der Waals surface area contributed by atoms with Crippen molar-refractivity contribution in [3.8, 4) is 10.6 Å². The Balaban J connectivity index is 0.998. The largest absolute Gasteiger partial charge is 0.310 e. The molecule has 0 aliphatic carbocycles. The predicted molar refractivity (Wildman–Crippen MR) is 242 cm³/mol. The summed E-state index contributed by atoms with van der Waals surface area (Å²) in [5, 5.41) is 8.50. The third kappa shape index (κ3) is 5.68. The molecule has 0 bridgehead atoms. The highest BCUT2D eigenvalue weighted by Crippen LogP contribution is 2.43. The summed E-state index contributed by atoms with van der Waals surface area (Å²) >= 11 is 3.59. The molecule has 0 saturated carbocycles. The van der Waals surface area contributed by atoms with E-state index in [1.807, 2.05) is 17.4 Å². The van der Waals surface area contributed by atoms with Crippen LogP contribution in [0.1, 0.15) is 0 Å². The number of hydrogen-bond acceptors (Lipinski definition) is 5. The first kappa shape index (κ1) is 32.6. The highest BCUT2D eigenvalue weighted by molar-refractivity contribution is 7.25. The quantitative estimate of drug-likeness (QED) is 0.151. The summed E-state index contributed by atoms with van der Waals surface area (Å²) in [6, 6.07) is 72.2. The first-order chi connectivity index (χ1) is 27.7. The molecular weight excluding hydrogens is 719 g/mol. The van der Waals surface area contributed by atoms with Gasteiger partial charge in [0.25, 0.3) is 0 Å². The van der Waals surface area contributed by atoms with Crippen molar-refractivity contribution in [2.45, 2.75) is 0 Å². The van der Waals surface area contributed by atoms with E-state index in [0.29, 0.717) is 0 Å². The smallest absolute Gasteiger partial charge is 0.124 e. The topological polar surface area (TPSA) is 19.4 Å². The third-order valence-electron chi connectivity index (χ3n) is 10.6. The standard InChI is InChI=1S/C51H33N3S2/c1-4-12-34(13-5-1)51-52-47-28-24-42(33-50(47)56-51)54(38-16-8-3-9-17-38)40-23-27-44-36(31-40)21-20-35-30-39(22-26-43(35)44)53(37-14-6-2-7-15-37)41-25-29-49-46(32-41)45-18-10-11-19-48(45)55-49/h1-33H. The maximum atomic E-state index is 4.97. The van der Waals surface area contributed by atoms with E-state index < -0.39 is 0 Å². The van der Waals surface area contributed by atoms with E-state index in [2.05, 4.69) is 204 Å². The molecule has 2 heterocycles. The maximum Gasteiger partial charge on any atom is 0.124 e. The van der Waals surface area contributed by atoms with Crippen LogP contribution in [0, 0.1) is 0 Å². The van der Waals surface area contributed by atoms with Gasteiger partial charge in [-0.25, -0.2) is 4.98 Å². The van der Waals surface area contributed by atoms with Crippen molar-refractivity contribution in [3.05, 3.63) is 200 Å². The molecule has 11 aromatic rings. The normalized spacial score (nSPS) is 11.6. The minimum Gasteiger partial charge on any atom is -0.310 e. The summed E-state index contributed by atoms with van der Waals surface area (Å²) in [4.78, 5) is 9.69. The van der Waals surface area contributed by atoms with Crippen LogP contribution in [0.4, 0.5) is 34.1 Å². The molecule has 0 aliphatic heterocycles. The third-order valence-corrected chi connectivity index (χ3v) is 12.8. The highest BCUT2D eigenvalue weighted by atomic mass is 32.1. The minimum absolute atomic E-state index is 1.02. The molecule has 11 rings (SSSR count). The maximum absolute atomic E-state index is 4.97. The highest BCUT2D eigenvalue weighted by Gasteiger charge is 2.18. The van der Waals surface area contributed by atoms with Gasteiger partial charge in [-0.15, -0.1) is 22.7 Å². The second kappa shape index (κ2) is 13.5. The van der Waals surface area contributed by atoms with Crippen molar-refractivity contribution < 1.29 is 0 Å². The number of aromatic nitrogens is 1. The average Bonchev–Trinajstić information content (AvgIpc) is 3.86. The van der Waals surface area contributed by atoms with Gasteiger partial charge in [-0.3, -0.25) is 0 Å². The second-order valence-electron chi connectivity index (χ2n) is 14.0. The molecule has 0 saturated heterocycles. The van der Waals surface area contributed by atoms with Crippen molar-refractivity contribution in [2.75, 3.05) is 9.80 Å². The Morgan fingerprint density at radius 1 is 0.321 bits per heavy atom. The van der Waals surface area contributed by atoms with Crippen molar-refractivity contribution in [3.63, 3.8) is 0 Å². The van der Waals surface area contributed by atoms with E-state index in [-0.39, 0.29) is 0 Å². The average molecular weight is 752 g/mol. The van der Waals surface area contributed by atoms with Crippen LogP contribution < -0.4 is 9.80 Å². The van der Waals surface area contributed by atoms with Crippen molar-refractivity contribution >= 4 is 109 Å². The first-order valence-corrected chi connectivity index (χ1v) is 20.4. The Kier molecular flexibility index (Phi) is 7.87. The Bertz CT molecular complexity index is 3210. The monoisotopic (exact) mass is 751 g/mol. The summed E-state index contributed by atoms with van der Waals surface area (Å²) in [7, 11) is 0. The van der Waals surface area contributed by atoms with Crippen LogP contribution in [0.3, 0.4) is 0 Å².